The molecule has 0 aliphatic rings. The number of aromatic nitrogens is 3. The van der Waals surface area contributed by atoms with Crippen molar-refractivity contribution in [2.24, 2.45) is 0 Å². The molecular weight excluding hydrogens is 266 g/mol. The molecule has 1 heterocycles. The maximum atomic E-state index is 11.1. The van der Waals surface area contributed by atoms with E-state index in [9.17, 15) is 4.79 Å². The highest BCUT2D eigenvalue weighted by atomic mass is 16.4. The monoisotopic (exact) mass is 279 g/mol. The van der Waals surface area contributed by atoms with Crippen molar-refractivity contribution in [3.8, 4) is 17.1 Å². The maximum absolute atomic E-state index is 11.1. The van der Waals surface area contributed by atoms with E-state index in [1.54, 1.807) is 18.2 Å². The van der Waals surface area contributed by atoms with E-state index in [0.29, 0.717) is 11.6 Å². The number of benzene rings is 2. The van der Waals surface area contributed by atoms with Crippen molar-refractivity contribution < 1.29 is 9.90 Å². The molecule has 1 N–H and O–H groups in total. The molecule has 3 rings (SSSR count). The normalized spacial score (nSPS) is 10.5. The van der Waals surface area contributed by atoms with Crippen LogP contribution in [-0.2, 0) is 0 Å². The first-order valence-electron chi connectivity index (χ1n) is 6.48. The summed E-state index contributed by atoms with van der Waals surface area (Å²) in [6, 6.07) is 16.4. The molecule has 21 heavy (non-hydrogen) atoms. The molecule has 0 radical (unpaired) electrons. The Kier molecular flexibility index (Phi) is 3.23. The van der Waals surface area contributed by atoms with Crippen LogP contribution in [0, 0.1) is 6.92 Å². The van der Waals surface area contributed by atoms with E-state index in [0.717, 1.165) is 11.3 Å². The van der Waals surface area contributed by atoms with Gasteiger partial charge in [-0.15, -0.1) is 10.2 Å². The number of carboxylic acid groups (broad SMARTS) is 1. The molecule has 0 spiro atoms. The van der Waals surface area contributed by atoms with E-state index in [4.69, 9.17) is 5.11 Å². The van der Waals surface area contributed by atoms with Gasteiger partial charge >= 0.3 is 5.97 Å². The van der Waals surface area contributed by atoms with Crippen molar-refractivity contribution in [2.45, 2.75) is 6.92 Å². The Morgan fingerprint density at radius 1 is 1.05 bits per heavy atom. The smallest absolute Gasteiger partial charge is 0.335 e. The highest BCUT2D eigenvalue weighted by Gasteiger charge is 2.13. The summed E-state index contributed by atoms with van der Waals surface area (Å²) in [5, 5.41) is 17.4. The van der Waals surface area contributed by atoms with Crippen LogP contribution in [0.4, 0.5) is 0 Å². The maximum Gasteiger partial charge on any atom is 0.335 e. The summed E-state index contributed by atoms with van der Waals surface area (Å²) in [5.41, 5.74) is 1.90. The number of nitrogens with zero attached hydrogens (tertiary/aromatic N) is 3. The Morgan fingerprint density at radius 3 is 2.52 bits per heavy atom. The van der Waals surface area contributed by atoms with E-state index < -0.39 is 5.97 Å². The van der Waals surface area contributed by atoms with Gasteiger partial charge in [-0.2, -0.15) is 0 Å². The number of aryl methyl sites for hydroxylation is 1. The van der Waals surface area contributed by atoms with Gasteiger partial charge in [0.05, 0.1) is 5.56 Å². The highest BCUT2D eigenvalue weighted by molar-refractivity contribution is 5.88. The molecular formula is C16H13N3O2. The number of rotatable bonds is 3. The molecule has 1 aromatic heterocycles. The Bertz CT molecular complexity index is 794. The fraction of sp³-hybridized carbons (Fsp3) is 0.0625. The lowest BCUT2D eigenvalue weighted by atomic mass is 10.1. The molecule has 0 atom stereocenters. The molecule has 0 fully saturated rings. The van der Waals surface area contributed by atoms with Crippen LogP contribution in [0.25, 0.3) is 17.1 Å². The molecule has 0 saturated heterocycles. The summed E-state index contributed by atoms with van der Waals surface area (Å²) in [6.45, 7) is 1.84. The number of hydrogen-bond acceptors (Lipinski definition) is 3. The van der Waals surface area contributed by atoms with Crippen LogP contribution in [0.5, 0.6) is 0 Å². The van der Waals surface area contributed by atoms with Crippen molar-refractivity contribution in [1.82, 2.24) is 14.8 Å². The van der Waals surface area contributed by atoms with Crippen molar-refractivity contribution in [2.75, 3.05) is 0 Å². The van der Waals surface area contributed by atoms with Gasteiger partial charge in [-0.05, 0) is 25.1 Å². The third-order valence-electron chi connectivity index (χ3n) is 3.21. The lowest BCUT2D eigenvalue weighted by molar-refractivity contribution is 0.0697. The van der Waals surface area contributed by atoms with Crippen molar-refractivity contribution in [1.29, 1.82) is 0 Å². The summed E-state index contributed by atoms with van der Waals surface area (Å²) >= 11 is 0. The summed E-state index contributed by atoms with van der Waals surface area (Å²) in [7, 11) is 0. The van der Waals surface area contributed by atoms with Crippen molar-refractivity contribution >= 4 is 5.97 Å². The Hall–Kier alpha value is -2.95. The second-order valence-electron chi connectivity index (χ2n) is 4.63. The quantitative estimate of drug-likeness (QED) is 0.800. The molecule has 2 aromatic carbocycles. The highest BCUT2D eigenvalue weighted by Crippen LogP contribution is 2.22. The minimum atomic E-state index is -0.955. The van der Waals surface area contributed by atoms with Gasteiger partial charge in [0.25, 0.3) is 0 Å². The first-order valence-corrected chi connectivity index (χ1v) is 6.48. The summed E-state index contributed by atoms with van der Waals surface area (Å²) in [6.07, 6.45) is 0. The zero-order valence-electron chi connectivity index (χ0n) is 11.4. The van der Waals surface area contributed by atoms with Crippen molar-refractivity contribution in [3.05, 3.63) is 66.0 Å². The largest absolute Gasteiger partial charge is 0.478 e. The summed E-state index contributed by atoms with van der Waals surface area (Å²) in [4.78, 5) is 11.1. The molecule has 0 unspecified atom stereocenters. The first kappa shape index (κ1) is 13.1. The second-order valence-corrected chi connectivity index (χ2v) is 4.63. The predicted molar refractivity (Wildman–Crippen MR) is 78.5 cm³/mol. The average Bonchev–Trinajstić information content (AvgIpc) is 2.90. The molecule has 0 aliphatic heterocycles. The lowest BCUT2D eigenvalue weighted by Gasteiger charge is -2.09. The molecule has 0 bridgehead atoms. The van der Waals surface area contributed by atoms with Gasteiger partial charge in [-0.3, -0.25) is 4.57 Å². The molecule has 5 heteroatoms. The number of carboxylic acids is 1. The minimum absolute atomic E-state index is 0.236. The van der Waals surface area contributed by atoms with Crippen LogP contribution in [0.15, 0.2) is 54.6 Å². The predicted octanol–water partition coefficient (Wildman–Crippen LogP) is 2.94. The summed E-state index contributed by atoms with van der Waals surface area (Å²) < 4.78 is 1.85. The van der Waals surface area contributed by atoms with E-state index in [1.807, 2.05) is 47.9 Å². The molecule has 0 amide bonds. The average molecular weight is 279 g/mol. The zero-order chi connectivity index (χ0) is 14.8. The van der Waals surface area contributed by atoms with E-state index in [2.05, 4.69) is 10.2 Å². The molecule has 0 saturated carbocycles. The van der Waals surface area contributed by atoms with E-state index in [-0.39, 0.29) is 5.56 Å². The molecule has 0 aliphatic carbocycles. The van der Waals surface area contributed by atoms with Crippen LogP contribution in [-0.4, -0.2) is 25.8 Å². The first-order chi connectivity index (χ1) is 10.2. The van der Waals surface area contributed by atoms with Gasteiger partial charge in [-0.1, -0.05) is 36.4 Å². The van der Waals surface area contributed by atoms with Crippen LogP contribution in [0.2, 0.25) is 0 Å². The number of carbonyl (C=O) groups is 1. The Balaban J connectivity index is 2.17. The van der Waals surface area contributed by atoms with Gasteiger partial charge < -0.3 is 5.11 Å². The van der Waals surface area contributed by atoms with Gasteiger partial charge in [-0.25, -0.2) is 4.79 Å². The molecule has 3 aromatic rings. The van der Waals surface area contributed by atoms with Crippen molar-refractivity contribution in [3.63, 3.8) is 0 Å². The Labute approximate surface area is 121 Å². The lowest BCUT2D eigenvalue weighted by Crippen LogP contribution is -2.03. The van der Waals surface area contributed by atoms with Crippen LogP contribution in [0.1, 0.15) is 16.2 Å². The fourth-order valence-electron chi connectivity index (χ4n) is 2.22. The second kappa shape index (κ2) is 5.20. The van der Waals surface area contributed by atoms with Gasteiger partial charge in [0, 0.05) is 11.3 Å². The molecule has 104 valence electrons. The fourth-order valence-corrected chi connectivity index (χ4v) is 2.22. The zero-order valence-corrected chi connectivity index (χ0v) is 11.4. The van der Waals surface area contributed by atoms with Gasteiger partial charge in [0.15, 0.2) is 5.82 Å². The third kappa shape index (κ3) is 2.41. The van der Waals surface area contributed by atoms with E-state index in [1.165, 1.54) is 0 Å². The SMILES string of the molecule is Cc1nnc(-c2ccccc2)n1-c1cccc(C(=O)O)c1. The summed E-state index contributed by atoms with van der Waals surface area (Å²) in [5.74, 6) is 0.441. The van der Waals surface area contributed by atoms with Crippen LogP contribution < -0.4 is 0 Å². The number of hydrogen-bond donors (Lipinski definition) is 1. The standard InChI is InChI=1S/C16H13N3O2/c1-11-17-18-15(12-6-3-2-4-7-12)19(11)14-9-5-8-13(10-14)16(20)21/h2-10H,1H3,(H,20,21). The number of aromatic carboxylic acids is 1. The molecule has 5 nitrogen and oxygen atoms in total. The third-order valence-corrected chi connectivity index (χ3v) is 3.21. The van der Waals surface area contributed by atoms with Gasteiger partial charge in [0.2, 0.25) is 0 Å². The van der Waals surface area contributed by atoms with Crippen LogP contribution in [0.3, 0.4) is 0 Å². The minimum Gasteiger partial charge on any atom is -0.478 e. The topological polar surface area (TPSA) is 68.0 Å². The van der Waals surface area contributed by atoms with Crippen LogP contribution >= 0.6 is 0 Å². The Morgan fingerprint density at radius 2 is 1.81 bits per heavy atom. The van der Waals surface area contributed by atoms with Gasteiger partial charge in [0.1, 0.15) is 5.82 Å². The van der Waals surface area contributed by atoms with E-state index >= 15 is 0 Å².